The van der Waals surface area contributed by atoms with Gasteiger partial charge in [0.25, 0.3) is 5.56 Å². The fourth-order valence-corrected chi connectivity index (χ4v) is 4.98. The lowest BCUT2D eigenvalue weighted by atomic mass is 9.95. The number of morpholine rings is 1. The Bertz CT molecular complexity index is 1380. The molecule has 1 N–H and O–H groups in total. The zero-order valence-corrected chi connectivity index (χ0v) is 19.7. The Kier molecular flexibility index (Phi) is 5.72. The number of hydrogen-bond acceptors (Lipinski definition) is 5. The van der Waals surface area contributed by atoms with Crippen LogP contribution in [0.3, 0.4) is 0 Å². The lowest BCUT2D eigenvalue weighted by Gasteiger charge is -2.36. The van der Waals surface area contributed by atoms with Crippen LogP contribution in [0.15, 0.2) is 71.8 Å². The van der Waals surface area contributed by atoms with Crippen LogP contribution in [0, 0.1) is 18.3 Å². The average molecular weight is 453 g/mol. The summed E-state index contributed by atoms with van der Waals surface area (Å²) in [7, 11) is 0. The molecule has 5 rings (SSSR count). The zero-order chi connectivity index (χ0) is 23.8. The molecule has 2 unspecified atom stereocenters. The predicted octanol–water partition coefficient (Wildman–Crippen LogP) is 4.31. The zero-order valence-electron chi connectivity index (χ0n) is 19.7. The predicted molar refractivity (Wildman–Crippen MR) is 136 cm³/mol. The standard InChI is InChI=1S/C28H28N4O2/c1-18-15-32(24-11-9-23(10-12-24)31-16-19(2)34-20(3)17-31)28(33)26-6-4-5-25(27(18)26)21-7-8-22(13-29)30-14-21/h4-12,14-15,19-20,22,30H,16-17H2,1-3H3/t19-,20?,22?/m0/s1. The van der Waals surface area contributed by atoms with Gasteiger partial charge < -0.3 is 15.0 Å². The Labute approximate surface area is 199 Å². The second-order valence-corrected chi connectivity index (χ2v) is 9.13. The van der Waals surface area contributed by atoms with Gasteiger partial charge >= 0.3 is 0 Å². The molecule has 3 atom stereocenters. The minimum atomic E-state index is -0.330. The van der Waals surface area contributed by atoms with Crippen molar-refractivity contribution in [3.05, 3.63) is 88.5 Å². The van der Waals surface area contributed by atoms with Crippen LogP contribution in [0.1, 0.15) is 25.0 Å². The summed E-state index contributed by atoms with van der Waals surface area (Å²) >= 11 is 0. The summed E-state index contributed by atoms with van der Waals surface area (Å²) < 4.78 is 7.58. The van der Waals surface area contributed by atoms with Crippen LogP contribution < -0.4 is 15.8 Å². The lowest BCUT2D eigenvalue weighted by Crippen LogP contribution is -2.45. The third-order valence-corrected chi connectivity index (χ3v) is 6.48. The average Bonchev–Trinajstić information content (AvgIpc) is 2.85. The van der Waals surface area contributed by atoms with Gasteiger partial charge in [0.1, 0.15) is 6.04 Å². The summed E-state index contributed by atoms with van der Waals surface area (Å²) in [6.45, 7) is 7.94. The summed E-state index contributed by atoms with van der Waals surface area (Å²) in [6.07, 6.45) is 7.93. The molecule has 34 heavy (non-hydrogen) atoms. The molecule has 3 aromatic rings. The second kappa shape index (κ2) is 8.85. The molecule has 0 bridgehead atoms. The van der Waals surface area contributed by atoms with Crippen LogP contribution in [0.5, 0.6) is 0 Å². The maximum atomic E-state index is 13.5. The largest absolute Gasteiger partial charge is 0.372 e. The van der Waals surface area contributed by atoms with Gasteiger partial charge in [0.15, 0.2) is 0 Å². The maximum absolute atomic E-state index is 13.5. The lowest BCUT2D eigenvalue weighted by molar-refractivity contribution is -0.00521. The second-order valence-electron chi connectivity index (χ2n) is 9.13. The molecule has 172 valence electrons. The number of anilines is 1. The summed E-state index contributed by atoms with van der Waals surface area (Å²) in [5, 5.41) is 13.8. The van der Waals surface area contributed by atoms with Crippen LogP contribution in [-0.2, 0) is 4.74 Å². The highest BCUT2D eigenvalue weighted by Gasteiger charge is 2.22. The fourth-order valence-electron chi connectivity index (χ4n) is 4.98. The highest BCUT2D eigenvalue weighted by Crippen LogP contribution is 2.29. The van der Waals surface area contributed by atoms with E-state index in [4.69, 9.17) is 10.00 Å². The van der Waals surface area contributed by atoms with Crippen LogP contribution in [-0.4, -0.2) is 35.9 Å². The van der Waals surface area contributed by atoms with Crippen molar-refractivity contribution in [3.8, 4) is 11.8 Å². The fraction of sp³-hybridized carbons (Fsp3) is 0.286. The van der Waals surface area contributed by atoms with Gasteiger partial charge in [-0.05, 0) is 79.3 Å². The molecule has 0 saturated carbocycles. The number of benzene rings is 2. The Morgan fingerprint density at radius 2 is 1.76 bits per heavy atom. The summed E-state index contributed by atoms with van der Waals surface area (Å²) in [4.78, 5) is 15.9. The Balaban J connectivity index is 1.52. The first-order valence-electron chi connectivity index (χ1n) is 11.6. The number of aromatic nitrogens is 1. The molecule has 0 spiro atoms. The molecule has 2 aromatic carbocycles. The number of aryl methyl sites for hydroxylation is 1. The number of nitrogens with zero attached hydrogens (tertiary/aromatic N) is 3. The van der Waals surface area contributed by atoms with Gasteiger partial charge in [0, 0.05) is 42.2 Å². The van der Waals surface area contributed by atoms with Gasteiger partial charge in [-0.25, -0.2) is 0 Å². The first kappa shape index (κ1) is 22.0. The highest BCUT2D eigenvalue weighted by molar-refractivity contribution is 5.98. The smallest absolute Gasteiger partial charge is 0.262 e. The molecule has 6 nitrogen and oxygen atoms in total. The van der Waals surface area contributed by atoms with E-state index < -0.39 is 0 Å². The van der Waals surface area contributed by atoms with E-state index in [9.17, 15) is 4.79 Å². The topological polar surface area (TPSA) is 70.3 Å². The van der Waals surface area contributed by atoms with Crippen molar-refractivity contribution in [1.29, 1.82) is 5.26 Å². The number of pyridine rings is 1. The number of nitrogens with one attached hydrogen (secondary N) is 1. The molecule has 6 heteroatoms. The van der Waals surface area contributed by atoms with Gasteiger partial charge in [-0.1, -0.05) is 18.2 Å². The number of hydrogen-bond donors (Lipinski definition) is 1. The monoisotopic (exact) mass is 452 g/mol. The third-order valence-electron chi connectivity index (χ3n) is 6.48. The van der Waals surface area contributed by atoms with Crippen molar-refractivity contribution in [3.63, 3.8) is 0 Å². The normalized spacial score (nSPS) is 22.2. The van der Waals surface area contributed by atoms with E-state index in [1.807, 2.05) is 61.8 Å². The van der Waals surface area contributed by atoms with E-state index in [0.29, 0.717) is 5.39 Å². The first-order chi connectivity index (χ1) is 16.4. The number of fused-ring (bicyclic) bond motifs is 1. The van der Waals surface area contributed by atoms with E-state index in [1.54, 1.807) is 4.57 Å². The van der Waals surface area contributed by atoms with Crippen molar-refractivity contribution in [2.24, 2.45) is 0 Å². The van der Waals surface area contributed by atoms with Crippen LogP contribution in [0.4, 0.5) is 5.69 Å². The van der Waals surface area contributed by atoms with E-state index in [1.165, 1.54) is 0 Å². The molecule has 2 aliphatic rings. The van der Waals surface area contributed by atoms with Crippen LogP contribution in [0.25, 0.3) is 22.0 Å². The van der Waals surface area contributed by atoms with Gasteiger partial charge in [-0.15, -0.1) is 0 Å². The van der Waals surface area contributed by atoms with Crippen LogP contribution >= 0.6 is 0 Å². The Morgan fingerprint density at radius 3 is 2.41 bits per heavy atom. The molecule has 2 aliphatic heterocycles. The minimum Gasteiger partial charge on any atom is -0.372 e. The Morgan fingerprint density at radius 1 is 1.06 bits per heavy atom. The van der Waals surface area contributed by atoms with Gasteiger partial charge in [-0.2, -0.15) is 5.26 Å². The molecule has 3 heterocycles. The van der Waals surface area contributed by atoms with Gasteiger partial charge in [0.2, 0.25) is 0 Å². The van der Waals surface area contributed by atoms with Crippen LogP contribution in [0.2, 0.25) is 0 Å². The van der Waals surface area contributed by atoms with Crippen molar-refractivity contribution in [2.45, 2.75) is 39.0 Å². The SMILES string of the molecule is Cc1cn(-c2ccc(N3CC(C)O[C@@H](C)C3)cc2)c(=O)c2cccc(C3=CNC(C#N)C=C3)c12. The van der Waals surface area contributed by atoms with Gasteiger partial charge in [0.05, 0.1) is 18.3 Å². The number of allylic oxidation sites excluding steroid dienone is 2. The molecule has 1 saturated heterocycles. The third kappa shape index (κ3) is 4.00. The van der Waals surface area contributed by atoms with Crippen molar-refractivity contribution in [1.82, 2.24) is 9.88 Å². The van der Waals surface area contributed by atoms with E-state index in [0.717, 1.165) is 46.6 Å². The van der Waals surface area contributed by atoms with Crippen molar-refractivity contribution >= 4 is 22.0 Å². The van der Waals surface area contributed by atoms with Gasteiger partial charge in [-0.3, -0.25) is 9.36 Å². The molecular weight excluding hydrogens is 424 g/mol. The number of rotatable bonds is 3. The van der Waals surface area contributed by atoms with E-state index in [-0.39, 0.29) is 23.8 Å². The van der Waals surface area contributed by atoms with Crippen molar-refractivity contribution < 1.29 is 4.74 Å². The number of nitriles is 1. The summed E-state index contributed by atoms with van der Waals surface area (Å²) in [5.74, 6) is 0. The first-order valence-corrected chi connectivity index (χ1v) is 11.6. The Hall–Kier alpha value is -3.82. The molecule has 1 aromatic heterocycles. The molecular formula is C28H28N4O2. The van der Waals surface area contributed by atoms with E-state index >= 15 is 0 Å². The molecule has 0 amide bonds. The number of ether oxygens (including phenoxy) is 1. The van der Waals surface area contributed by atoms with Crippen molar-refractivity contribution in [2.75, 3.05) is 18.0 Å². The van der Waals surface area contributed by atoms with E-state index in [2.05, 4.69) is 42.3 Å². The molecule has 0 aliphatic carbocycles. The molecule has 1 fully saturated rings. The minimum absolute atomic E-state index is 0.0490. The molecule has 0 radical (unpaired) electrons. The summed E-state index contributed by atoms with van der Waals surface area (Å²) in [6, 6.07) is 15.8. The maximum Gasteiger partial charge on any atom is 0.262 e. The quantitative estimate of drug-likeness (QED) is 0.642. The summed E-state index contributed by atoms with van der Waals surface area (Å²) in [5.41, 5.74) is 4.88. The number of dihydropyridines is 1. The highest BCUT2D eigenvalue weighted by atomic mass is 16.5.